The van der Waals surface area contributed by atoms with Crippen LogP contribution in [0.15, 0.2) is 30.5 Å². The molecule has 1 heterocycles. The second-order valence-corrected chi connectivity index (χ2v) is 5.52. The van der Waals surface area contributed by atoms with Gasteiger partial charge in [-0.05, 0) is 18.1 Å². The molecular formula is C12H15NO3S. The van der Waals surface area contributed by atoms with Gasteiger partial charge in [0.05, 0.1) is 6.61 Å². The second-order valence-electron chi connectivity index (χ2n) is 3.88. The van der Waals surface area contributed by atoms with E-state index in [1.807, 2.05) is 31.2 Å². The summed E-state index contributed by atoms with van der Waals surface area (Å²) < 4.78 is 28.2. The fourth-order valence-electron chi connectivity index (χ4n) is 1.69. The van der Waals surface area contributed by atoms with Gasteiger partial charge in [-0.2, -0.15) is 8.42 Å². The average molecular weight is 253 g/mol. The zero-order valence-electron chi connectivity index (χ0n) is 9.64. The fourth-order valence-corrected chi connectivity index (χ4v) is 2.82. The maximum Gasteiger partial charge on any atom is 0.271 e. The zero-order valence-corrected chi connectivity index (χ0v) is 10.5. The van der Waals surface area contributed by atoms with Crippen LogP contribution in [0.3, 0.4) is 0 Å². The van der Waals surface area contributed by atoms with E-state index in [2.05, 4.69) is 4.98 Å². The quantitative estimate of drug-likeness (QED) is 0.832. The predicted molar refractivity (Wildman–Crippen MR) is 67.2 cm³/mol. The van der Waals surface area contributed by atoms with E-state index in [0.29, 0.717) is 6.42 Å². The number of hydrogen-bond acceptors (Lipinski definition) is 3. The van der Waals surface area contributed by atoms with Crippen LogP contribution in [0.1, 0.15) is 18.9 Å². The lowest BCUT2D eigenvalue weighted by Crippen LogP contribution is -2.09. The van der Waals surface area contributed by atoms with E-state index in [0.717, 1.165) is 16.5 Å². The third-order valence-electron chi connectivity index (χ3n) is 2.47. The molecule has 1 aromatic carbocycles. The number of rotatable bonds is 5. The van der Waals surface area contributed by atoms with Gasteiger partial charge >= 0.3 is 0 Å². The van der Waals surface area contributed by atoms with Gasteiger partial charge < -0.3 is 4.98 Å². The lowest BCUT2D eigenvalue weighted by Gasteiger charge is -2.03. The van der Waals surface area contributed by atoms with Crippen LogP contribution < -0.4 is 0 Å². The van der Waals surface area contributed by atoms with Gasteiger partial charge in [-0.3, -0.25) is 4.18 Å². The Hall–Kier alpha value is -1.33. The van der Waals surface area contributed by atoms with Crippen molar-refractivity contribution in [2.45, 2.75) is 19.1 Å². The molecule has 0 aliphatic heterocycles. The Bertz CT molecular complexity index is 601. The highest BCUT2D eigenvalue weighted by molar-refractivity contribution is 7.85. The van der Waals surface area contributed by atoms with Gasteiger partial charge in [-0.25, -0.2) is 0 Å². The smallest absolute Gasteiger partial charge is 0.271 e. The van der Waals surface area contributed by atoms with Crippen LogP contribution in [0.2, 0.25) is 0 Å². The van der Waals surface area contributed by atoms with Crippen LogP contribution in [-0.4, -0.2) is 20.0 Å². The standard InChI is InChI=1S/C12H15NO3S/c1-2-7-16-17(14,15)9-10-8-13-12-6-4-3-5-11(10)12/h3-6,8,13H,2,7,9H2,1H3. The topological polar surface area (TPSA) is 59.2 Å². The minimum atomic E-state index is -3.48. The first-order chi connectivity index (χ1) is 8.12. The molecule has 17 heavy (non-hydrogen) atoms. The van der Waals surface area contributed by atoms with Gasteiger partial charge in [0.15, 0.2) is 0 Å². The third kappa shape index (κ3) is 2.87. The van der Waals surface area contributed by atoms with E-state index >= 15 is 0 Å². The van der Waals surface area contributed by atoms with E-state index in [1.54, 1.807) is 6.20 Å². The molecule has 0 saturated carbocycles. The Balaban J connectivity index is 2.24. The van der Waals surface area contributed by atoms with Crippen molar-refractivity contribution in [1.82, 2.24) is 4.98 Å². The molecule has 0 aliphatic carbocycles. The summed E-state index contributed by atoms with van der Waals surface area (Å²) in [6, 6.07) is 7.61. The lowest BCUT2D eigenvalue weighted by molar-refractivity contribution is 0.317. The summed E-state index contributed by atoms with van der Waals surface area (Å²) in [5, 5.41) is 0.927. The molecule has 0 unspecified atom stereocenters. The van der Waals surface area contributed by atoms with Crippen molar-refractivity contribution in [1.29, 1.82) is 0 Å². The molecule has 0 fully saturated rings. The molecule has 1 N–H and O–H groups in total. The highest BCUT2D eigenvalue weighted by Crippen LogP contribution is 2.20. The number of aromatic amines is 1. The molecule has 4 nitrogen and oxygen atoms in total. The van der Waals surface area contributed by atoms with Crippen molar-refractivity contribution in [2.75, 3.05) is 6.61 Å². The van der Waals surface area contributed by atoms with Crippen LogP contribution in [-0.2, 0) is 20.1 Å². The number of benzene rings is 1. The Kier molecular flexibility index (Phi) is 3.49. The van der Waals surface area contributed by atoms with Gasteiger partial charge in [0.25, 0.3) is 10.1 Å². The Morgan fingerprint density at radius 1 is 1.29 bits per heavy atom. The first-order valence-corrected chi connectivity index (χ1v) is 7.12. The van der Waals surface area contributed by atoms with Crippen LogP contribution >= 0.6 is 0 Å². The molecule has 0 radical (unpaired) electrons. The highest BCUT2D eigenvalue weighted by atomic mass is 32.2. The minimum Gasteiger partial charge on any atom is -0.361 e. The molecule has 0 bridgehead atoms. The van der Waals surface area contributed by atoms with Crippen molar-refractivity contribution < 1.29 is 12.6 Å². The first kappa shape index (κ1) is 12.1. The highest BCUT2D eigenvalue weighted by Gasteiger charge is 2.14. The molecule has 0 aliphatic rings. The molecule has 0 atom stereocenters. The van der Waals surface area contributed by atoms with E-state index in [1.165, 1.54) is 0 Å². The fraction of sp³-hybridized carbons (Fsp3) is 0.333. The maximum atomic E-state index is 11.7. The van der Waals surface area contributed by atoms with Gasteiger partial charge in [0.2, 0.25) is 0 Å². The molecule has 5 heteroatoms. The van der Waals surface area contributed by atoms with Crippen LogP contribution in [0.25, 0.3) is 10.9 Å². The summed E-state index contributed by atoms with van der Waals surface area (Å²) in [7, 11) is -3.48. The Labute approximate surface area is 101 Å². The van der Waals surface area contributed by atoms with Crippen molar-refractivity contribution in [3.05, 3.63) is 36.0 Å². The molecule has 92 valence electrons. The third-order valence-corrected chi connectivity index (χ3v) is 3.66. The van der Waals surface area contributed by atoms with Gasteiger partial charge in [0, 0.05) is 17.1 Å². The number of nitrogens with one attached hydrogen (secondary N) is 1. The van der Waals surface area contributed by atoms with Crippen LogP contribution in [0, 0.1) is 0 Å². The molecule has 0 saturated heterocycles. The molecule has 2 aromatic rings. The van der Waals surface area contributed by atoms with E-state index in [-0.39, 0.29) is 12.4 Å². The van der Waals surface area contributed by atoms with E-state index in [4.69, 9.17) is 4.18 Å². The maximum absolute atomic E-state index is 11.7. The summed E-state index contributed by atoms with van der Waals surface area (Å²) >= 11 is 0. The van der Waals surface area contributed by atoms with Crippen LogP contribution in [0.5, 0.6) is 0 Å². The van der Waals surface area contributed by atoms with E-state index < -0.39 is 10.1 Å². The monoisotopic (exact) mass is 253 g/mol. The van der Waals surface area contributed by atoms with Crippen molar-refractivity contribution in [3.8, 4) is 0 Å². The van der Waals surface area contributed by atoms with Crippen molar-refractivity contribution in [2.24, 2.45) is 0 Å². The molecule has 0 amide bonds. The summed E-state index contributed by atoms with van der Waals surface area (Å²) in [5.41, 5.74) is 1.69. The predicted octanol–water partition coefficient (Wildman–Crippen LogP) is 2.42. The summed E-state index contributed by atoms with van der Waals surface area (Å²) in [5.74, 6) is -0.0863. The number of aromatic nitrogens is 1. The number of para-hydroxylation sites is 1. The van der Waals surface area contributed by atoms with Gasteiger partial charge in [-0.1, -0.05) is 25.1 Å². The average Bonchev–Trinajstić information content (AvgIpc) is 2.70. The second kappa shape index (κ2) is 4.89. The summed E-state index contributed by atoms with van der Waals surface area (Å²) in [6.45, 7) is 2.12. The molecular weight excluding hydrogens is 238 g/mol. The summed E-state index contributed by atoms with van der Waals surface area (Å²) in [4.78, 5) is 3.05. The first-order valence-electron chi connectivity index (χ1n) is 5.54. The van der Waals surface area contributed by atoms with Gasteiger partial charge in [-0.15, -0.1) is 0 Å². The van der Waals surface area contributed by atoms with E-state index in [9.17, 15) is 8.42 Å². The molecule has 2 rings (SSSR count). The largest absolute Gasteiger partial charge is 0.361 e. The number of hydrogen-bond donors (Lipinski definition) is 1. The number of H-pyrrole nitrogens is 1. The molecule has 1 aromatic heterocycles. The van der Waals surface area contributed by atoms with Crippen molar-refractivity contribution >= 4 is 21.0 Å². The number of fused-ring (bicyclic) bond motifs is 1. The SMILES string of the molecule is CCCOS(=O)(=O)Cc1c[nH]c2ccccc12. The molecule has 0 spiro atoms. The van der Waals surface area contributed by atoms with Gasteiger partial charge in [0.1, 0.15) is 5.75 Å². The Morgan fingerprint density at radius 2 is 2.06 bits per heavy atom. The Morgan fingerprint density at radius 3 is 2.82 bits per heavy atom. The minimum absolute atomic E-state index is 0.0863. The van der Waals surface area contributed by atoms with Crippen LogP contribution in [0.4, 0.5) is 0 Å². The lowest BCUT2D eigenvalue weighted by atomic mass is 10.2. The summed E-state index contributed by atoms with van der Waals surface area (Å²) in [6.07, 6.45) is 2.41. The normalized spacial score (nSPS) is 12.1. The zero-order chi connectivity index (χ0) is 12.3. The van der Waals surface area contributed by atoms with Crippen molar-refractivity contribution in [3.63, 3.8) is 0 Å².